The fourth-order valence-corrected chi connectivity index (χ4v) is 2.52. The molecule has 0 aliphatic heterocycles. The molecular formula is C12H24N2. The van der Waals surface area contributed by atoms with E-state index in [4.69, 9.17) is 5.73 Å². The van der Waals surface area contributed by atoms with Gasteiger partial charge in [-0.15, -0.1) is 0 Å². The largest absolute Gasteiger partial charge is 0.327 e. The smallest absolute Gasteiger partial charge is 0.00792 e. The van der Waals surface area contributed by atoms with Gasteiger partial charge in [0.05, 0.1) is 0 Å². The van der Waals surface area contributed by atoms with Crippen LogP contribution in [-0.2, 0) is 0 Å². The molecule has 82 valence electrons. The maximum Gasteiger partial charge on any atom is 0.00792 e. The molecule has 2 saturated carbocycles. The van der Waals surface area contributed by atoms with Crippen molar-refractivity contribution < 1.29 is 0 Å². The second kappa shape index (κ2) is 5.13. The summed E-state index contributed by atoms with van der Waals surface area (Å²) >= 11 is 0. The Morgan fingerprint density at radius 3 is 2.43 bits per heavy atom. The molecule has 1 unspecified atom stereocenters. The minimum atomic E-state index is 0.478. The van der Waals surface area contributed by atoms with Crippen LogP contribution in [0.2, 0.25) is 0 Å². The van der Waals surface area contributed by atoms with E-state index in [0.29, 0.717) is 6.04 Å². The Morgan fingerprint density at radius 2 is 1.79 bits per heavy atom. The van der Waals surface area contributed by atoms with E-state index in [-0.39, 0.29) is 0 Å². The fourth-order valence-electron chi connectivity index (χ4n) is 2.52. The van der Waals surface area contributed by atoms with E-state index in [1.165, 1.54) is 51.4 Å². The van der Waals surface area contributed by atoms with Gasteiger partial charge in [0.2, 0.25) is 0 Å². The Hall–Kier alpha value is -0.0800. The minimum absolute atomic E-state index is 0.478. The molecule has 2 aliphatic carbocycles. The summed E-state index contributed by atoms with van der Waals surface area (Å²) < 4.78 is 0. The molecule has 2 heteroatoms. The highest BCUT2D eigenvalue weighted by Gasteiger charge is 2.27. The van der Waals surface area contributed by atoms with Crippen LogP contribution in [0.4, 0.5) is 0 Å². The molecule has 2 fully saturated rings. The summed E-state index contributed by atoms with van der Waals surface area (Å²) in [6, 6.07) is 1.28. The molecule has 3 N–H and O–H groups in total. The first-order chi connectivity index (χ1) is 6.86. The summed E-state index contributed by atoms with van der Waals surface area (Å²) in [4.78, 5) is 0. The number of nitrogens with one attached hydrogen (secondary N) is 1. The molecule has 0 bridgehead atoms. The van der Waals surface area contributed by atoms with Crippen molar-refractivity contribution in [3.05, 3.63) is 0 Å². The number of rotatable bonds is 5. The van der Waals surface area contributed by atoms with Gasteiger partial charge in [0.25, 0.3) is 0 Å². The lowest BCUT2D eigenvalue weighted by Gasteiger charge is -2.23. The van der Waals surface area contributed by atoms with Gasteiger partial charge < -0.3 is 11.1 Å². The van der Waals surface area contributed by atoms with Gasteiger partial charge >= 0.3 is 0 Å². The summed E-state index contributed by atoms with van der Waals surface area (Å²) in [6.45, 7) is 1.14. The minimum Gasteiger partial charge on any atom is -0.327 e. The van der Waals surface area contributed by atoms with Gasteiger partial charge in [-0.2, -0.15) is 0 Å². The first-order valence-electron chi connectivity index (χ1n) is 6.35. The summed E-state index contributed by atoms with van der Waals surface area (Å²) in [5.74, 6) is 0.864. The van der Waals surface area contributed by atoms with Crippen molar-refractivity contribution in [3.8, 4) is 0 Å². The Balaban J connectivity index is 1.52. The van der Waals surface area contributed by atoms with E-state index in [1.807, 2.05) is 0 Å². The van der Waals surface area contributed by atoms with Gasteiger partial charge in [-0.05, 0) is 44.6 Å². The van der Waals surface area contributed by atoms with E-state index in [1.54, 1.807) is 0 Å². The average Bonchev–Trinajstić information content (AvgIpc) is 3.02. The molecule has 1 atom stereocenters. The van der Waals surface area contributed by atoms with Gasteiger partial charge in [-0.25, -0.2) is 0 Å². The van der Waals surface area contributed by atoms with E-state index >= 15 is 0 Å². The van der Waals surface area contributed by atoms with Crippen LogP contribution < -0.4 is 11.1 Å². The van der Waals surface area contributed by atoms with Crippen molar-refractivity contribution in [2.75, 3.05) is 6.54 Å². The van der Waals surface area contributed by atoms with E-state index in [2.05, 4.69) is 5.32 Å². The summed E-state index contributed by atoms with van der Waals surface area (Å²) in [6.07, 6.45) is 11.0. The molecule has 2 rings (SSSR count). The van der Waals surface area contributed by atoms with Gasteiger partial charge in [-0.3, -0.25) is 0 Å². The van der Waals surface area contributed by atoms with Crippen molar-refractivity contribution in [1.29, 1.82) is 0 Å². The van der Waals surface area contributed by atoms with Gasteiger partial charge in [0, 0.05) is 12.1 Å². The molecule has 0 saturated heterocycles. The summed E-state index contributed by atoms with van der Waals surface area (Å²) in [5.41, 5.74) is 6.05. The van der Waals surface area contributed by atoms with E-state index in [9.17, 15) is 0 Å². The third-order valence-electron chi connectivity index (χ3n) is 3.74. The van der Waals surface area contributed by atoms with Crippen LogP contribution in [-0.4, -0.2) is 18.6 Å². The summed E-state index contributed by atoms with van der Waals surface area (Å²) in [7, 11) is 0. The predicted octanol–water partition coefficient (Wildman–Crippen LogP) is 2.04. The maximum absolute atomic E-state index is 6.05. The lowest BCUT2D eigenvalue weighted by atomic mass is 9.95. The Kier molecular flexibility index (Phi) is 3.82. The fraction of sp³-hybridized carbons (Fsp3) is 1.00. The highest BCUT2D eigenvalue weighted by molar-refractivity contribution is 4.84. The summed E-state index contributed by atoms with van der Waals surface area (Å²) in [5, 5.41) is 3.66. The number of hydrogen-bond donors (Lipinski definition) is 2. The zero-order valence-electron chi connectivity index (χ0n) is 9.17. The average molecular weight is 196 g/mol. The molecule has 2 aliphatic rings. The van der Waals surface area contributed by atoms with Crippen molar-refractivity contribution in [2.45, 2.75) is 63.5 Å². The molecule has 0 amide bonds. The molecule has 0 aromatic rings. The van der Waals surface area contributed by atoms with Gasteiger partial charge in [0.1, 0.15) is 0 Å². The second-order valence-corrected chi connectivity index (χ2v) is 5.08. The predicted molar refractivity (Wildman–Crippen MR) is 60.2 cm³/mol. The van der Waals surface area contributed by atoms with Crippen LogP contribution in [0.3, 0.4) is 0 Å². The highest BCUT2D eigenvalue weighted by Crippen LogP contribution is 2.32. The Bertz CT molecular complexity index is 160. The number of hydrogen-bond acceptors (Lipinski definition) is 2. The van der Waals surface area contributed by atoms with Crippen LogP contribution >= 0.6 is 0 Å². The second-order valence-electron chi connectivity index (χ2n) is 5.08. The van der Waals surface area contributed by atoms with Crippen molar-refractivity contribution in [1.82, 2.24) is 5.32 Å². The van der Waals surface area contributed by atoms with Crippen LogP contribution in [0.15, 0.2) is 0 Å². The zero-order valence-corrected chi connectivity index (χ0v) is 9.17. The van der Waals surface area contributed by atoms with Crippen molar-refractivity contribution in [3.63, 3.8) is 0 Å². The maximum atomic E-state index is 6.05. The quantitative estimate of drug-likeness (QED) is 0.706. The number of nitrogens with two attached hydrogens (primary N) is 1. The third kappa shape index (κ3) is 3.25. The van der Waals surface area contributed by atoms with Gasteiger partial charge in [-0.1, -0.05) is 19.3 Å². The SMILES string of the molecule is NC(CCNC1CCCCC1)C1CC1. The molecule has 0 aromatic heterocycles. The standard InChI is InChI=1S/C12H24N2/c13-12(10-6-7-10)8-9-14-11-4-2-1-3-5-11/h10-12,14H,1-9,13H2. The van der Waals surface area contributed by atoms with Crippen molar-refractivity contribution in [2.24, 2.45) is 11.7 Å². The molecule has 0 aromatic carbocycles. The van der Waals surface area contributed by atoms with E-state index < -0.39 is 0 Å². The van der Waals surface area contributed by atoms with Crippen LogP contribution in [0.1, 0.15) is 51.4 Å². The molecule has 2 nitrogen and oxygen atoms in total. The first-order valence-corrected chi connectivity index (χ1v) is 6.35. The zero-order chi connectivity index (χ0) is 9.80. The first kappa shape index (κ1) is 10.4. The highest BCUT2D eigenvalue weighted by atomic mass is 14.9. The molecule has 0 heterocycles. The molecular weight excluding hydrogens is 172 g/mol. The Labute approximate surface area is 87.6 Å². The molecule has 14 heavy (non-hydrogen) atoms. The van der Waals surface area contributed by atoms with Crippen LogP contribution in [0.25, 0.3) is 0 Å². The van der Waals surface area contributed by atoms with Crippen molar-refractivity contribution >= 4 is 0 Å². The Morgan fingerprint density at radius 1 is 1.07 bits per heavy atom. The third-order valence-corrected chi connectivity index (χ3v) is 3.74. The van der Waals surface area contributed by atoms with Crippen LogP contribution in [0.5, 0.6) is 0 Å². The molecule has 0 radical (unpaired) electrons. The molecule has 0 spiro atoms. The van der Waals surface area contributed by atoms with E-state index in [0.717, 1.165) is 18.5 Å². The van der Waals surface area contributed by atoms with Gasteiger partial charge in [0.15, 0.2) is 0 Å². The normalized spacial score (nSPS) is 26.4. The topological polar surface area (TPSA) is 38.0 Å². The monoisotopic (exact) mass is 196 g/mol. The lowest BCUT2D eigenvalue weighted by Crippen LogP contribution is -2.35. The lowest BCUT2D eigenvalue weighted by molar-refractivity contribution is 0.364. The van der Waals surface area contributed by atoms with Crippen LogP contribution in [0, 0.1) is 5.92 Å².